The highest BCUT2D eigenvalue weighted by Crippen LogP contribution is 2.67. The van der Waals surface area contributed by atoms with E-state index < -0.39 is 11.5 Å². The molecular formula is C27H43BrO6. The number of unbranched alkanes of at least 4 members (excludes halogenated alkanes) is 1. The van der Waals surface area contributed by atoms with Crippen molar-refractivity contribution < 1.29 is 29.3 Å². The number of hydrogen-bond donors (Lipinski definition) is 2. The van der Waals surface area contributed by atoms with Gasteiger partial charge >= 0.3 is 11.9 Å². The van der Waals surface area contributed by atoms with E-state index in [2.05, 4.69) is 29.8 Å². The number of carbonyl (C=O) groups excluding carboxylic acids is 2. The Hall–Kier alpha value is -0.660. The molecule has 0 heterocycles. The largest absolute Gasteiger partial charge is 0.462 e. The third-order valence-electron chi connectivity index (χ3n) is 10.1. The zero-order chi connectivity index (χ0) is 24.7. The molecule has 0 aromatic rings. The summed E-state index contributed by atoms with van der Waals surface area (Å²) < 4.78 is 11.7. The van der Waals surface area contributed by atoms with Gasteiger partial charge in [-0.25, -0.2) is 0 Å². The molecule has 4 saturated carbocycles. The summed E-state index contributed by atoms with van der Waals surface area (Å²) in [6.07, 6.45) is 7.80. The standard InChI is InChI=1S/C27H43BrO6/c1-4-6-7-23(32)33-17-8-10-26(3)16(12-17)13-21(30)24-18(26)9-11-27(15-29)19(24)14-20(28)25(27)34-22(31)5-2/h16-21,24-25,29-30H,4-15H2,1-3H3/t16?,17-,18?,19?,20+,21?,24?,25-,26-,27+/m0/s1. The van der Waals surface area contributed by atoms with Gasteiger partial charge in [0.05, 0.1) is 17.5 Å². The Morgan fingerprint density at radius 2 is 1.79 bits per heavy atom. The first-order chi connectivity index (χ1) is 16.2. The molecule has 0 spiro atoms. The van der Waals surface area contributed by atoms with Gasteiger partial charge in [-0.1, -0.05) is 43.1 Å². The highest BCUT2D eigenvalue weighted by atomic mass is 79.9. The van der Waals surface area contributed by atoms with Crippen LogP contribution in [0.25, 0.3) is 0 Å². The average molecular weight is 544 g/mol. The maximum absolute atomic E-state index is 12.2. The molecule has 0 aliphatic heterocycles. The van der Waals surface area contributed by atoms with E-state index in [9.17, 15) is 19.8 Å². The van der Waals surface area contributed by atoms with Gasteiger partial charge in [0.25, 0.3) is 0 Å². The first-order valence-electron chi connectivity index (χ1n) is 13.5. The Balaban J connectivity index is 1.52. The number of carbonyl (C=O) groups is 2. The second-order valence-electron chi connectivity index (χ2n) is 11.7. The molecule has 10 atom stereocenters. The minimum Gasteiger partial charge on any atom is -0.462 e. The van der Waals surface area contributed by atoms with Crippen LogP contribution in [0.4, 0.5) is 0 Å². The van der Waals surface area contributed by atoms with Crippen LogP contribution < -0.4 is 0 Å². The number of hydrogen-bond acceptors (Lipinski definition) is 6. The van der Waals surface area contributed by atoms with Gasteiger partial charge in [-0.15, -0.1) is 0 Å². The molecule has 0 amide bonds. The van der Waals surface area contributed by atoms with Crippen molar-refractivity contribution >= 4 is 27.9 Å². The van der Waals surface area contributed by atoms with E-state index in [1.807, 2.05) is 0 Å². The lowest BCUT2D eigenvalue weighted by molar-refractivity contribution is -0.197. The minimum absolute atomic E-state index is 0.00472. The van der Waals surface area contributed by atoms with E-state index >= 15 is 0 Å². The Labute approximate surface area is 212 Å². The first-order valence-corrected chi connectivity index (χ1v) is 14.4. The zero-order valence-electron chi connectivity index (χ0n) is 21.0. The molecule has 7 heteroatoms. The van der Waals surface area contributed by atoms with Crippen LogP contribution in [0.15, 0.2) is 0 Å². The Morgan fingerprint density at radius 3 is 2.47 bits per heavy atom. The van der Waals surface area contributed by atoms with E-state index in [1.54, 1.807) is 6.92 Å². The van der Waals surface area contributed by atoms with E-state index in [1.165, 1.54) is 0 Å². The van der Waals surface area contributed by atoms with Gasteiger partial charge in [-0.3, -0.25) is 9.59 Å². The van der Waals surface area contributed by atoms with Crippen LogP contribution in [0.2, 0.25) is 0 Å². The molecule has 0 saturated heterocycles. The van der Waals surface area contributed by atoms with Crippen molar-refractivity contribution in [3.63, 3.8) is 0 Å². The molecule has 4 rings (SSSR count). The molecular weight excluding hydrogens is 500 g/mol. The fourth-order valence-electron chi connectivity index (χ4n) is 8.30. The quantitative estimate of drug-likeness (QED) is 0.355. The van der Waals surface area contributed by atoms with Crippen molar-refractivity contribution in [2.75, 3.05) is 6.61 Å². The molecule has 4 aliphatic carbocycles. The fourth-order valence-corrected chi connectivity index (χ4v) is 9.34. The monoisotopic (exact) mass is 542 g/mol. The molecule has 5 unspecified atom stereocenters. The Bertz CT molecular complexity index is 759. The summed E-state index contributed by atoms with van der Waals surface area (Å²) in [5, 5.41) is 22.1. The van der Waals surface area contributed by atoms with E-state index in [4.69, 9.17) is 9.47 Å². The predicted molar refractivity (Wildman–Crippen MR) is 132 cm³/mol. The molecule has 2 N–H and O–H groups in total. The van der Waals surface area contributed by atoms with E-state index in [-0.39, 0.29) is 52.8 Å². The lowest BCUT2D eigenvalue weighted by Gasteiger charge is -2.62. The number of ether oxygens (including phenoxy) is 2. The summed E-state index contributed by atoms with van der Waals surface area (Å²) in [6, 6.07) is 0. The second kappa shape index (κ2) is 10.4. The number of aliphatic hydroxyl groups excluding tert-OH is 2. The van der Waals surface area contributed by atoms with Crippen LogP contribution >= 0.6 is 15.9 Å². The highest BCUT2D eigenvalue weighted by molar-refractivity contribution is 9.09. The number of fused-ring (bicyclic) bond motifs is 5. The Morgan fingerprint density at radius 1 is 1.03 bits per heavy atom. The summed E-state index contributed by atoms with van der Waals surface area (Å²) in [5.41, 5.74) is -0.395. The maximum atomic E-state index is 12.2. The molecule has 0 radical (unpaired) electrons. The van der Waals surface area contributed by atoms with Crippen molar-refractivity contribution in [1.82, 2.24) is 0 Å². The molecule has 4 aliphatic rings. The van der Waals surface area contributed by atoms with Crippen molar-refractivity contribution in [1.29, 1.82) is 0 Å². The highest BCUT2D eigenvalue weighted by Gasteiger charge is 2.66. The fraction of sp³-hybridized carbons (Fsp3) is 0.926. The van der Waals surface area contributed by atoms with Crippen LogP contribution in [-0.4, -0.2) is 51.9 Å². The molecule has 0 aromatic carbocycles. The van der Waals surface area contributed by atoms with Crippen molar-refractivity contribution in [2.45, 2.75) is 115 Å². The SMILES string of the molecule is CCCCC(=O)O[C@H]1CC[C@@]2(C)C(CC(O)C3C2CC[C@@]2(CO)C3C[C@@H](Br)[C@@H]2OC(=O)CC)C1. The van der Waals surface area contributed by atoms with Gasteiger partial charge in [0.2, 0.25) is 0 Å². The van der Waals surface area contributed by atoms with Crippen molar-refractivity contribution in [3.05, 3.63) is 0 Å². The molecule has 6 nitrogen and oxygen atoms in total. The molecule has 0 bridgehead atoms. The summed E-state index contributed by atoms with van der Waals surface area (Å²) >= 11 is 3.78. The number of esters is 2. The molecule has 194 valence electrons. The topological polar surface area (TPSA) is 93.1 Å². The summed E-state index contributed by atoms with van der Waals surface area (Å²) in [6.45, 7) is 6.24. The zero-order valence-corrected chi connectivity index (χ0v) is 22.6. The average Bonchev–Trinajstić information content (AvgIpc) is 3.10. The van der Waals surface area contributed by atoms with Gasteiger partial charge in [0.1, 0.15) is 12.2 Å². The normalized spacial score (nSPS) is 45.6. The first kappa shape index (κ1) is 26.4. The second-order valence-corrected chi connectivity index (χ2v) is 12.9. The van der Waals surface area contributed by atoms with Crippen molar-refractivity contribution in [3.8, 4) is 0 Å². The number of halogens is 1. The minimum atomic E-state index is -0.490. The lowest BCUT2D eigenvalue weighted by Crippen LogP contribution is -2.60. The van der Waals surface area contributed by atoms with Crippen LogP contribution in [0.1, 0.15) is 91.4 Å². The summed E-state index contributed by atoms with van der Waals surface area (Å²) in [4.78, 5) is 24.4. The Kier molecular flexibility index (Phi) is 8.05. The third kappa shape index (κ3) is 4.47. The van der Waals surface area contributed by atoms with Crippen molar-refractivity contribution in [2.24, 2.45) is 34.5 Å². The number of aliphatic hydroxyl groups is 2. The summed E-state index contributed by atoms with van der Waals surface area (Å²) in [7, 11) is 0. The number of alkyl halides is 1. The van der Waals surface area contributed by atoms with E-state index in [0.717, 1.165) is 51.4 Å². The van der Waals surface area contributed by atoms with Crippen LogP contribution in [0, 0.1) is 34.5 Å². The van der Waals surface area contributed by atoms with Gasteiger partial charge in [0, 0.05) is 18.3 Å². The smallest absolute Gasteiger partial charge is 0.306 e. The van der Waals surface area contributed by atoms with Gasteiger partial charge < -0.3 is 19.7 Å². The van der Waals surface area contributed by atoms with Crippen LogP contribution in [-0.2, 0) is 19.1 Å². The number of rotatable bonds is 7. The van der Waals surface area contributed by atoms with Gasteiger partial charge in [0.15, 0.2) is 0 Å². The van der Waals surface area contributed by atoms with Gasteiger partial charge in [-0.2, -0.15) is 0 Å². The maximum Gasteiger partial charge on any atom is 0.306 e. The lowest BCUT2D eigenvalue weighted by atomic mass is 9.44. The van der Waals surface area contributed by atoms with Gasteiger partial charge in [-0.05, 0) is 80.5 Å². The predicted octanol–water partition coefficient (Wildman–Crippen LogP) is 4.77. The van der Waals surface area contributed by atoms with Crippen LogP contribution in [0.5, 0.6) is 0 Å². The van der Waals surface area contributed by atoms with E-state index in [0.29, 0.717) is 31.1 Å². The molecule has 4 fully saturated rings. The third-order valence-corrected chi connectivity index (χ3v) is 11.0. The molecule has 34 heavy (non-hydrogen) atoms. The molecule has 0 aromatic heterocycles. The van der Waals surface area contributed by atoms with Crippen LogP contribution in [0.3, 0.4) is 0 Å². The summed E-state index contributed by atoms with van der Waals surface area (Å²) in [5.74, 6) is 0.593.